The maximum atomic E-state index is 11.7. The van der Waals surface area contributed by atoms with Crippen LogP contribution in [0.1, 0.15) is 98.8 Å². The maximum Gasteiger partial charge on any atom is 0.0602 e. The van der Waals surface area contributed by atoms with E-state index >= 15 is 0 Å². The third-order valence-electron chi connectivity index (χ3n) is 11.2. The van der Waals surface area contributed by atoms with Crippen LogP contribution in [0.2, 0.25) is 0 Å². The van der Waals surface area contributed by atoms with Gasteiger partial charge in [-0.05, 0) is 116 Å². The van der Waals surface area contributed by atoms with Crippen LogP contribution in [0, 0.1) is 52.3 Å². The van der Waals surface area contributed by atoms with Crippen LogP contribution >= 0.6 is 0 Å². The summed E-state index contributed by atoms with van der Waals surface area (Å²) in [5.41, 5.74) is 1.82. The third kappa shape index (κ3) is 3.53. The molecule has 4 aliphatic carbocycles. The van der Waals surface area contributed by atoms with Gasteiger partial charge in [0, 0.05) is 0 Å². The molecule has 4 fully saturated rings. The van der Waals surface area contributed by atoms with Crippen LogP contribution in [0.15, 0.2) is 12.2 Å². The zero-order valence-electron chi connectivity index (χ0n) is 20.4. The van der Waals surface area contributed by atoms with Gasteiger partial charge in [-0.2, -0.15) is 0 Å². The first-order valence-corrected chi connectivity index (χ1v) is 13.1. The minimum atomic E-state index is -0.158. The molecule has 172 valence electrons. The average molecular weight is 417 g/mol. The quantitative estimate of drug-likeness (QED) is 0.495. The van der Waals surface area contributed by atoms with Crippen molar-refractivity contribution in [2.75, 3.05) is 0 Å². The van der Waals surface area contributed by atoms with E-state index in [9.17, 15) is 10.2 Å². The van der Waals surface area contributed by atoms with Gasteiger partial charge in [0.05, 0.1) is 12.2 Å². The van der Waals surface area contributed by atoms with Crippen molar-refractivity contribution < 1.29 is 10.2 Å². The molecule has 0 bridgehead atoms. The van der Waals surface area contributed by atoms with E-state index in [1.165, 1.54) is 37.7 Å². The number of aliphatic hydroxyl groups excluding tert-OH is 2. The van der Waals surface area contributed by atoms with Crippen LogP contribution < -0.4 is 0 Å². The molecule has 10 atom stereocenters. The number of fused-ring (bicyclic) bond motifs is 5. The predicted molar refractivity (Wildman–Crippen MR) is 125 cm³/mol. The molecule has 0 saturated heterocycles. The lowest BCUT2D eigenvalue weighted by atomic mass is 9.43. The number of rotatable bonds is 5. The molecule has 0 aliphatic heterocycles. The number of allylic oxidation sites excluding steroid dienone is 1. The van der Waals surface area contributed by atoms with E-state index < -0.39 is 0 Å². The second kappa shape index (κ2) is 8.22. The molecule has 4 aliphatic rings. The first kappa shape index (κ1) is 22.8. The molecule has 2 N–H and O–H groups in total. The van der Waals surface area contributed by atoms with Gasteiger partial charge >= 0.3 is 0 Å². The van der Waals surface area contributed by atoms with Crippen molar-refractivity contribution in [3.05, 3.63) is 12.2 Å². The number of aliphatic hydroxyl groups is 2. The molecule has 0 heterocycles. The van der Waals surface area contributed by atoms with Gasteiger partial charge < -0.3 is 10.2 Å². The van der Waals surface area contributed by atoms with Crippen LogP contribution in [-0.2, 0) is 0 Å². The summed E-state index contributed by atoms with van der Waals surface area (Å²) in [6, 6.07) is 0. The second-order valence-electron chi connectivity index (χ2n) is 12.7. The van der Waals surface area contributed by atoms with E-state index in [1.54, 1.807) is 0 Å². The van der Waals surface area contributed by atoms with Crippen molar-refractivity contribution in [1.29, 1.82) is 0 Å². The Hall–Kier alpha value is -0.340. The smallest absolute Gasteiger partial charge is 0.0602 e. The normalized spacial score (nSPS) is 49.3. The highest BCUT2D eigenvalue weighted by Gasteiger charge is 2.63. The van der Waals surface area contributed by atoms with Crippen LogP contribution in [0.25, 0.3) is 0 Å². The zero-order valence-corrected chi connectivity index (χ0v) is 20.4. The molecule has 0 spiro atoms. The second-order valence-corrected chi connectivity index (χ2v) is 12.7. The summed E-state index contributed by atoms with van der Waals surface area (Å²) in [5.74, 6) is 4.70. The van der Waals surface area contributed by atoms with Crippen LogP contribution in [0.4, 0.5) is 0 Å². The zero-order chi connectivity index (χ0) is 21.8. The molecule has 30 heavy (non-hydrogen) atoms. The Labute approximate surface area is 185 Å². The van der Waals surface area contributed by atoms with E-state index in [0.29, 0.717) is 40.9 Å². The summed E-state index contributed by atoms with van der Waals surface area (Å²) in [4.78, 5) is 0. The topological polar surface area (TPSA) is 40.5 Å². The lowest BCUT2D eigenvalue weighted by molar-refractivity contribution is -0.174. The standard InChI is InChI=1S/C28H48O2/c1-17(2)18(3)7-8-19(4)23-11-12-24-22-10-9-20-15-21(29)13-14-27(20,5)25(22)16-26(30)28(23,24)6/h17,19-26,29-30H,3,7-16H2,1-2,4-6H3. The molecule has 4 saturated carbocycles. The fourth-order valence-electron chi connectivity index (χ4n) is 9.06. The van der Waals surface area contributed by atoms with Crippen molar-refractivity contribution in [1.82, 2.24) is 0 Å². The van der Waals surface area contributed by atoms with E-state index in [2.05, 4.69) is 41.2 Å². The molecule has 0 aromatic carbocycles. The van der Waals surface area contributed by atoms with Crippen molar-refractivity contribution in [2.24, 2.45) is 52.3 Å². The Morgan fingerprint density at radius 3 is 2.40 bits per heavy atom. The Kier molecular flexibility index (Phi) is 6.26. The van der Waals surface area contributed by atoms with Crippen LogP contribution in [0.3, 0.4) is 0 Å². The van der Waals surface area contributed by atoms with Gasteiger partial charge in [-0.1, -0.05) is 46.8 Å². The van der Waals surface area contributed by atoms with Gasteiger partial charge in [-0.25, -0.2) is 0 Å². The van der Waals surface area contributed by atoms with E-state index in [0.717, 1.165) is 38.0 Å². The van der Waals surface area contributed by atoms with Crippen LogP contribution in [0.5, 0.6) is 0 Å². The molecule has 0 aromatic rings. The molecule has 2 nitrogen and oxygen atoms in total. The first-order chi connectivity index (χ1) is 14.1. The average Bonchev–Trinajstić information content (AvgIpc) is 3.06. The summed E-state index contributed by atoms with van der Waals surface area (Å²) in [6.45, 7) is 16.2. The number of hydrogen-bond acceptors (Lipinski definition) is 2. The Bertz CT molecular complexity index is 641. The third-order valence-corrected chi connectivity index (χ3v) is 11.2. The number of hydrogen-bond donors (Lipinski definition) is 2. The SMILES string of the molecule is C=C(CCC(C)C1CCC2C3CCC4CC(O)CCC4(C)C3CC(O)C12C)C(C)C. The van der Waals surface area contributed by atoms with Crippen molar-refractivity contribution in [3.8, 4) is 0 Å². The molecule has 2 heteroatoms. The Morgan fingerprint density at radius 2 is 1.70 bits per heavy atom. The Morgan fingerprint density at radius 1 is 0.967 bits per heavy atom. The summed E-state index contributed by atoms with van der Waals surface area (Å²) >= 11 is 0. The molecule has 10 unspecified atom stereocenters. The highest BCUT2D eigenvalue weighted by Crippen LogP contribution is 2.68. The van der Waals surface area contributed by atoms with E-state index in [1.807, 2.05) is 0 Å². The summed E-state index contributed by atoms with van der Waals surface area (Å²) in [6.07, 6.45) is 11.5. The summed E-state index contributed by atoms with van der Waals surface area (Å²) in [7, 11) is 0. The van der Waals surface area contributed by atoms with E-state index in [-0.39, 0.29) is 17.6 Å². The first-order valence-electron chi connectivity index (χ1n) is 13.1. The Balaban J connectivity index is 1.52. The molecular weight excluding hydrogens is 368 g/mol. The predicted octanol–water partition coefficient (Wildman–Crippen LogP) is 6.61. The monoisotopic (exact) mass is 416 g/mol. The maximum absolute atomic E-state index is 11.7. The molecule has 0 amide bonds. The minimum Gasteiger partial charge on any atom is -0.393 e. The highest BCUT2D eigenvalue weighted by molar-refractivity contribution is 5.12. The van der Waals surface area contributed by atoms with Gasteiger partial charge in [0.15, 0.2) is 0 Å². The fraction of sp³-hybridized carbons (Fsp3) is 0.929. The molecule has 4 rings (SSSR count). The summed E-state index contributed by atoms with van der Waals surface area (Å²) < 4.78 is 0. The highest BCUT2D eigenvalue weighted by atomic mass is 16.3. The van der Waals surface area contributed by atoms with Gasteiger partial charge in [0.2, 0.25) is 0 Å². The lowest BCUT2D eigenvalue weighted by Gasteiger charge is -2.62. The van der Waals surface area contributed by atoms with Crippen molar-refractivity contribution in [3.63, 3.8) is 0 Å². The van der Waals surface area contributed by atoms with Crippen LogP contribution in [-0.4, -0.2) is 22.4 Å². The fourth-order valence-corrected chi connectivity index (χ4v) is 9.06. The van der Waals surface area contributed by atoms with Crippen molar-refractivity contribution in [2.45, 2.75) is 111 Å². The minimum absolute atomic E-state index is 0.0873. The largest absolute Gasteiger partial charge is 0.393 e. The molecular formula is C28H48O2. The van der Waals surface area contributed by atoms with Crippen molar-refractivity contribution >= 4 is 0 Å². The molecule has 0 aromatic heterocycles. The van der Waals surface area contributed by atoms with Gasteiger partial charge in [-0.3, -0.25) is 0 Å². The van der Waals surface area contributed by atoms with Gasteiger partial charge in [0.1, 0.15) is 0 Å². The summed E-state index contributed by atoms with van der Waals surface area (Å²) in [5, 5.41) is 21.9. The van der Waals surface area contributed by atoms with E-state index in [4.69, 9.17) is 0 Å². The van der Waals surface area contributed by atoms with Gasteiger partial charge in [-0.15, -0.1) is 0 Å². The molecule has 0 radical (unpaired) electrons. The lowest BCUT2D eigenvalue weighted by Crippen LogP contribution is -2.58. The van der Waals surface area contributed by atoms with Gasteiger partial charge in [0.25, 0.3) is 0 Å².